The Morgan fingerprint density at radius 2 is 1.65 bits per heavy atom. The number of aromatic nitrogens is 3. The van der Waals surface area contributed by atoms with Crippen LogP contribution in [0.1, 0.15) is 5.56 Å². The van der Waals surface area contributed by atoms with Gasteiger partial charge in [0.15, 0.2) is 0 Å². The highest BCUT2D eigenvalue weighted by atomic mass is 16.6. The molecule has 0 unspecified atom stereocenters. The van der Waals surface area contributed by atoms with Crippen molar-refractivity contribution in [2.24, 2.45) is 5.10 Å². The molecule has 14 nitrogen and oxygen atoms in total. The third-order valence-electron chi connectivity index (χ3n) is 4.71. The maximum Gasteiger partial charge on any atom is 0.270 e. The van der Waals surface area contributed by atoms with Crippen LogP contribution in [0.2, 0.25) is 0 Å². The minimum Gasteiger partial charge on any atom is -0.378 e. The summed E-state index contributed by atoms with van der Waals surface area (Å²) in [5.41, 5.74) is 3.71. The zero-order valence-electron chi connectivity index (χ0n) is 17.7. The first-order chi connectivity index (χ1) is 16.5. The van der Waals surface area contributed by atoms with E-state index in [-0.39, 0.29) is 23.3 Å². The second-order valence-electron chi connectivity index (χ2n) is 7.03. The number of hydrogen-bond donors (Lipinski definition) is 2. The van der Waals surface area contributed by atoms with Crippen LogP contribution in [-0.4, -0.2) is 57.3 Å². The first kappa shape index (κ1) is 22.5. The number of rotatable bonds is 8. The molecule has 1 aliphatic rings. The van der Waals surface area contributed by atoms with Crippen LogP contribution in [0.15, 0.2) is 53.6 Å². The van der Waals surface area contributed by atoms with Crippen LogP contribution < -0.4 is 15.6 Å². The number of ether oxygens (including phenoxy) is 1. The fourth-order valence-electron chi connectivity index (χ4n) is 3.05. The quantitative estimate of drug-likeness (QED) is 0.284. The average molecular weight is 465 g/mol. The number of morpholine rings is 1. The number of non-ortho nitro benzene ring substituents is 2. The summed E-state index contributed by atoms with van der Waals surface area (Å²) in [5, 5.41) is 28.9. The van der Waals surface area contributed by atoms with Gasteiger partial charge in [-0.2, -0.15) is 20.1 Å². The van der Waals surface area contributed by atoms with Crippen molar-refractivity contribution in [3.05, 3.63) is 74.3 Å². The Morgan fingerprint density at radius 1 is 0.941 bits per heavy atom. The number of nitrogens with zero attached hydrogens (tertiary/aromatic N) is 7. The lowest BCUT2D eigenvalue weighted by molar-refractivity contribution is -0.385. The minimum atomic E-state index is -0.485. The van der Waals surface area contributed by atoms with E-state index in [2.05, 4.69) is 30.8 Å². The number of nitro benzene ring substituents is 2. The maximum atomic E-state index is 10.9. The van der Waals surface area contributed by atoms with E-state index in [0.29, 0.717) is 43.5 Å². The zero-order valence-corrected chi connectivity index (χ0v) is 17.7. The van der Waals surface area contributed by atoms with E-state index in [1.807, 2.05) is 4.90 Å². The highest BCUT2D eigenvalue weighted by Gasteiger charge is 2.17. The molecule has 2 aromatic carbocycles. The standard InChI is InChI=1S/C20H19N9O5/c30-28(31)16-6-4-15(5-7-16)22-18-23-19(25-20(24-18)27-8-10-34-11-9-27)26-21-13-14-2-1-3-17(12-14)29(32)33/h1-7,12-13H,8-11H2,(H2,22,23,24,25,26)/b21-13-. The summed E-state index contributed by atoms with van der Waals surface area (Å²) in [4.78, 5) is 35.9. The molecule has 1 saturated heterocycles. The lowest BCUT2D eigenvalue weighted by atomic mass is 10.2. The Morgan fingerprint density at radius 3 is 2.35 bits per heavy atom. The van der Waals surface area contributed by atoms with Gasteiger partial charge in [-0.05, 0) is 12.1 Å². The molecule has 0 aliphatic carbocycles. The highest BCUT2D eigenvalue weighted by Crippen LogP contribution is 2.21. The molecule has 14 heteroatoms. The van der Waals surface area contributed by atoms with Crippen molar-refractivity contribution < 1.29 is 14.6 Å². The van der Waals surface area contributed by atoms with E-state index in [0.717, 1.165) is 0 Å². The summed E-state index contributed by atoms with van der Waals surface area (Å²) < 4.78 is 5.38. The lowest BCUT2D eigenvalue weighted by Gasteiger charge is -2.27. The predicted molar refractivity (Wildman–Crippen MR) is 124 cm³/mol. The van der Waals surface area contributed by atoms with Gasteiger partial charge in [0.05, 0.1) is 29.3 Å². The van der Waals surface area contributed by atoms with Crippen LogP contribution in [0, 0.1) is 20.2 Å². The van der Waals surface area contributed by atoms with Crippen molar-refractivity contribution >= 4 is 41.1 Å². The molecule has 4 rings (SSSR count). The van der Waals surface area contributed by atoms with Crippen molar-refractivity contribution in [2.75, 3.05) is 41.9 Å². The number of nitrogens with one attached hydrogen (secondary N) is 2. The van der Waals surface area contributed by atoms with Gasteiger partial charge in [0.25, 0.3) is 11.4 Å². The summed E-state index contributed by atoms with van der Waals surface area (Å²) in [5.74, 6) is 0.747. The van der Waals surface area contributed by atoms with E-state index in [1.165, 1.54) is 30.5 Å². The largest absolute Gasteiger partial charge is 0.378 e. The molecule has 174 valence electrons. The molecular formula is C20H19N9O5. The van der Waals surface area contributed by atoms with Gasteiger partial charge < -0.3 is 15.0 Å². The summed E-state index contributed by atoms with van der Waals surface area (Å²) in [6, 6.07) is 11.8. The first-order valence-electron chi connectivity index (χ1n) is 10.1. The number of hydrazone groups is 1. The second kappa shape index (κ2) is 10.3. The van der Waals surface area contributed by atoms with E-state index < -0.39 is 9.85 Å². The average Bonchev–Trinajstić information content (AvgIpc) is 2.85. The van der Waals surface area contributed by atoms with Gasteiger partial charge in [0.2, 0.25) is 17.8 Å². The minimum absolute atomic E-state index is 0.0342. The summed E-state index contributed by atoms with van der Waals surface area (Å²) in [6.45, 7) is 2.25. The van der Waals surface area contributed by atoms with Crippen LogP contribution in [0.5, 0.6) is 0 Å². The van der Waals surface area contributed by atoms with Gasteiger partial charge >= 0.3 is 0 Å². The van der Waals surface area contributed by atoms with Crippen molar-refractivity contribution in [1.82, 2.24) is 15.0 Å². The molecule has 34 heavy (non-hydrogen) atoms. The molecule has 1 fully saturated rings. The molecule has 0 saturated carbocycles. The molecule has 3 aromatic rings. The molecule has 2 N–H and O–H groups in total. The third-order valence-corrected chi connectivity index (χ3v) is 4.71. The predicted octanol–water partition coefficient (Wildman–Crippen LogP) is 2.71. The van der Waals surface area contributed by atoms with E-state index in [9.17, 15) is 20.2 Å². The van der Waals surface area contributed by atoms with Crippen LogP contribution in [0.25, 0.3) is 0 Å². The normalized spacial score (nSPS) is 13.6. The Balaban J connectivity index is 1.56. The Labute approximate surface area is 192 Å². The van der Waals surface area contributed by atoms with Crippen LogP contribution >= 0.6 is 0 Å². The molecule has 0 radical (unpaired) electrons. The summed E-state index contributed by atoms with van der Waals surface area (Å²) in [7, 11) is 0. The monoisotopic (exact) mass is 465 g/mol. The molecule has 0 amide bonds. The SMILES string of the molecule is O=[N+]([O-])c1ccc(Nc2nc(N/N=C\c3cccc([N+](=O)[O-])c3)nc(N3CCOCC3)n2)cc1. The van der Waals surface area contributed by atoms with Crippen molar-refractivity contribution in [3.8, 4) is 0 Å². The second-order valence-corrected chi connectivity index (χ2v) is 7.03. The van der Waals surface area contributed by atoms with E-state index in [1.54, 1.807) is 24.3 Å². The molecule has 0 spiro atoms. The van der Waals surface area contributed by atoms with Crippen LogP contribution in [0.4, 0.5) is 34.9 Å². The Hall–Kier alpha value is -4.72. The Kier molecular flexibility index (Phi) is 6.78. The van der Waals surface area contributed by atoms with Gasteiger partial charge in [-0.15, -0.1) is 0 Å². The number of hydrogen-bond acceptors (Lipinski definition) is 12. The smallest absolute Gasteiger partial charge is 0.270 e. The molecule has 0 bridgehead atoms. The molecule has 0 atom stereocenters. The first-order valence-corrected chi connectivity index (χ1v) is 10.1. The molecular weight excluding hydrogens is 446 g/mol. The van der Waals surface area contributed by atoms with E-state index in [4.69, 9.17) is 4.74 Å². The van der Waals surface area contributed by atoms with Crippen molar-refractivity contribution in [1.29, 1.82) is 0 Å². The number of benzene rings is 2. The van der Waals surface area contributed by atoms with Gasteiger partial charge in [-0.3, -0.25) is 20.2 Å². The molecule has 1 aliphatic heterocycles. The summed E-state index contributed by atoms with van der Waals surface area (Å²) in [6.07, 6.45) is 1.41. The van der Waals surface area contributed by atoms with Gasteiger partial charge in [-0.25, -0.2) is 5.43 Å². The zero-order chi connectivity index (χ0) is 23.9. The third kappa shape index (κ3) is 5.74. The van der Waals surface area contributed by atoms with Gasteiger partial charge in [0, 0.05) is 48.6 Å². The summed E-state index contributed by atoms with van der Waals surface area (Å²) >= 11 is 0. The Bertz CT molecular complexity index is 1210. The number of anilines is 4. The lowest BCUT2D eigenvalue weighted by Crippen LogP contribution is -2.37. The van der Waals surface area contributed by atoms with E-state index >= 15 is 0 Å². The topological polar surface area (TPSA) is 174 Å². The molecule has 2 heterocycles. The van der Waals surface area contributed by atoms with Gasteiger partial charge in [0.1, 0.15) is 0 Å². The van der Waals surface area contributed by atoms with Crippen molar-refractivity contribution in [2.45, 2.75) is 0 Å². The maximum absolute atomic E-state index is 10.9. The van der Waals surface area contributed by atoms with Crippen LogP contribution in [0.3, 0.4) is 0 Å². The highest BCUT2D eigenvalue weighted by molar-refractivity contribution is 5.81. The fraction of sp³-hybridized carbons (Fsp3) is 0.200. The van der Waals surface area contributed by atoms with Gasteiger partial charge in [-0.1, -0.05) is 12.1 Å². The fourth-order valence-corrected chi connectivity index (χ4v) is 3.05. The number of nitro groups is 2. The molecule has 1 aromatic heterocycles. The van der Waals surface area contributed by atoms with Crippen LogP contribution in [-0.2, 0) is 4.74 Å². The van der Waals surface area contributed by atoms with Crippen molar-refractivity contribution in [3.63, 3.8) is 0 Å².